The van der Waals surface area contributed by atoms with Gasteiger partial charge in [0.1, 0.15) is 0 Å². The second kappa shape index (κ2) is 5.36. The Morgan fingerprint density at radius 3 is 2.24 bits per heavy atom. The molecule has 1 aliphatic rings. The SMILES string of the molecule is COc1cc([C@H](N)B2OC(C)(C)C(C)(C)O2)cc(Cl)c1O. The first kappa shape index (κ1) is 16.4. The monoisotopic (exact) mass is 313 g/mol. The van der Waals surface area contributed by atoms with Crippen molar-refractivity contribution < 1.29 is 19.2 Å². The summed E-state index contributed by atoms with van der Waals surface area (Å²) in [6.07, 6.45) is 0. The molecule has 1 aromatic carbocycles. The van der Waals surface area contributed by atoms with Gasteiger partial charge in [-0.3, -0.25) is 0 Å². The minimum absolute atomic E-state index is 0.107. The van der Waals surface area contributed by atoms with Gasteiger partial charge in [-0.05, 0) is 45.4 Å². The number of ether oxygens (including phenoxy) is 1. The minimum atomic E-state index is -0.597. The van der Waals surface area contributed by atoms with Gasteiger partial charge in [0.15, 0.2) is 11.5 Å². The number of hydrogen-bond donors (Lipinski definition) is 2. The normalized spacial score (nSPS) is 21.4. The summed E-state index contributed by atoms with van der Waals surface area (Å²) in [5, 5.41) is 9.95. The molecule has 1 aliphatic heterocycles. The Balaban J connectivity index is 2.30. The molecule has 116 valence electrons. The van der Waals surface area contributed by atoms with Crippen LogP contribution in [0.25, 0.3) is 0 Å². The Hall–Kier alpha value is -0.945. The van der Waals surface area contributed by atoms with Crippen molar-refractivity contribution in [1.82, 2.24) is 0 Å². The number of rotatable bonds is 3. The molecular weight excluding hydrogens is 292 g/mol. The van der Waals surface area contributed by atoms with Gasteiger partial charge in [0.05, 0.1) is 29.3 Å². The number of phenolic OH excluding ortho intramolecular Hbond substituents is 1. The highest BCUT2D eigenvalue weighted by Gasteiger charge is 2.53. The summed E-state index contributed by atoms with van der Waals surface area (Å²) >= 11 is 5.99. The van der Waals surface area contributed by atoms with Crippen LogP contribution in [0.2, 0.25) is 5.02 Å². The van der Waals surface area contributed by atoms with Crippen LogP contribution in [0.5, 0.6) is 11.5 Å². The fraction of sp³-hybridized carbons (Fsp3) is 0.571. The molecule has 0 spiro atoms. The van der Waals surface area contributed by atoms with Gasteiger partial charge >= 0.3 is 7.12 Å². The largest absolute Gasteiger partial charge is 0.503 e. The van der Waals surface area contributed by atoms with Gasteiger partial charge in [0, 0.05) is 0 Å². The third-order valence-electron chi connectivity index (χ3n) is 4.22. The van der Waals surface area contributed by atoms with Gasteiger partial charge in [0.25, 0.3) is 0 Å². The van der Waals surface area contributed by atoms with E-state index in [-0.39, 0.29) is 16.5 Å². The molecule has 2 rings (SSSR count). The van der Waals surface area contributed by atoms with Crippen LogP contribution in [0.4, 0.5) is 0 Å². The minimum Gasteiger partial charge on any atom is -0.503 e. The summed E-state index contributed by atoms with van der Waals surface area (Å²) in [6.45, 7) is 7.85. The number of halogens is 1. The van der Waals surface area contributed by atoms with Crippen molar-refractivity contribution in [2.45, 2.75) is 44.8 Å². The van der Waals surface area contributed by atoms with Crippen molar-refractivity contribution >= 4 is 18.7 Å². The zero-order valence-corrected chi connectivity index (χ0v) is 13.7. The average Bonchev–Trinajstić information content (AvgIpc) is 2.60. The number of benzene rings is 1. The van der Waals surface area contributed by atoms with Crippen LogP contribution in [0.3, 0.4) is 0 Å². The molecule has 3 N–H and O–H groups in total. The van der Waals surface area contributed by atoms with Crippen LogP contribution in [0.15, 0.2) is 12.1 Å². The van der Waals surface area contributed by atoms with E-state index in [1.807, 2.05) is 27.7 Å². The van der Waals surface area contributed by atoms with Crippen molar-refractivity contribution in [3.05, 3.63) is 22.7 Å². The maximum absolute atomic E-state index is 9.78. The van der Waals surface area contributed by atoms with Crippen molar-refractivity contribution in [3.63, 3.8) is 0 Å². The average molecular weight is 314 g/mol. The van der Waals surface area contributed by atoms with E-state index in [0.717, 1.165) is 0 Å². The molecule has 1 heterocycles. The van der Waals surface area contributed by atoms with E-state index in [1.54, 1.807) is 12.1 Å². The molecule has 0 aromatic heterocycles. The zero-order chi connectivity index (χ0) is 16.0. The van der Waals surface area contributed by atoms with E-state index in [4.69, 9.17) is 31.4 Å². The predicted molar refractivity (Wildman–Crippen MR) is 82.7 cm³/mol. The highest BCUT2D eigenvalue weighted by molar-refractivity contribution is 6.47. The summed E-state index contributed by atoms with van der Waals surface area (Å²) in [5.41, 5.74) is 6.00. The predicted octanol–water partition coefficient (Wildman–Crippen LogP) is 2.69. The Morgan fingerprint density at radius 2 is 1.76 bits per heavy atom. The van der Waals surface area contributed by atoms with Crippen molar-refractivity contribution in [2.24, 2.45) is 5.73 Å². The lowest BCUT2D eigenvalue weighted by Crippen LogP contribution is -2.41. The topological polar surface area (TPSA) is 73.9 Å². The molecular formula is C14H21BClNO4. The van der Waals surface area contributed by atoms with E-state index in [2.05, 4.69) is 0 Å². The Morgan fingerprint density at radius 1 is 1.24 bits per heavy atom. The first-order valence-electron chi connectivity index (χ1n) is 6.76. The first-order chi connectivity index (χ1) is 9.59. The van der Waals surface area contributed by atoms with E-state index in [1.165, 1.54) is 7.11 Å². The highest BCUT2D eigenvalue weighted by atomic mass is 35.5. The van der Waals surface area contributed by atoms with Gasteiger partial charge < -0.3 is 24.9 Å². The number of nitrogens with two attached hydrogens (primary N) is 1. The van der Waals surface area contributed by atoms with Gasteiger partial charge in [-0.25, -0.2) is 0 Å². The van der Waals surface area contributed by atoms with E-state index in [0.29, 0.717) is 5.56 Å². The lowest BCUT2D eigenvalue weighted by molar-refractivity contribution is 0.00578. The summed E-state index contributed by atoms with van der Waals surface area (Å²) in [4.78, 5) is 0. The molecule has 1 saturated heterocycles. The van der Waals surface area contributed by atoms with E-state index in [9.17, 15) is 5.11 Å². The molecule has 5 nitrogen and oxygen atoms in total. The molecule has 0 radical (unpaired) electrons. The zero-order valence-electron chi connectivity index (χ0n) is 12.9. The van der Waals surface area contributed by atoms with Crippen LogP contribution < -0.4 is 10.5 Å². The second-order valence-corrected chi connectivity index (χ2v) is 6.61. The van der Waals surface area contributed by atoms with Crippen LogP contribution in [-0.2, 0) is 9.31 Å². The van der Waals surface area contributed by atoms with Crippen LogP contribution in [0, 0.1) is 0 Å². The lowest BCUT2D eigenvalue weighted by Gasteiger charge is -2.32. The maximum Gasteiger partial charge on any atom is 0.480 e. The number of hydrogen-bond acceptors (Lipinski definition) is 5. The molecule has 21 heavy (non-hydrogen) atoms. The van der Waals surface area contributed by atoms with Gasteiger partial charge in [0.2, 0.25) is 0 Å². The van der Waals surface area contributed by atoms with Crippen molar-refractivity contribution in [2.75, 3.05) is 7.11 Å². The highest BCUT2D eigenvalue weighted by Crippen LogP contribution is 2.41. The Labute approximate surface area is 130 Å². The van der Waals surface area contributed by atoms with Crippen LogP contribution in [-0.4, -0.2) is 30.5 Å². The third-order valence-corrected chi connectivity index (χ3v) is 4.51. The summed E-state index contributed by atoms with van der Waals surface area (Å²) < 4.78 is 17.0. The maximum atomic E-state index is 9.78. The molecule has 0 unspecified atom stereocenters. The number of aromatic hydroxyl groups is 1. The smallest absolute Gasteiger partial charge is 0.480 e. The molecule has 0 aliphatic carbocycles. The molecule has 1 atom stereocenters. The molecule has 0 bridgehead atoms. The second-order valence-electron chi connectivity index (χ2n) is 6.20. The first-order valence-corrected chi connectivity index (χ1v) is 7.14. The fourth-order valence-electron chi connectivity index (χ4n) is 2.13. The van der Waals surface area contributed by atoms with E-state index >= 15 is 0 Å². The molecule has 0 saturated carbocycles. The summed E-state index contributed by atoms with van der Waals surface area (Å²) in [7, 11) is 0.857. The van der Waals surface area contributed by atoms with Crippen molar-refractivity contribution in [1.29, 1.82) is 0 Å². The molecule has 7 heteroatoms. The molecule has 1 aromatic rings. The van der Waals surface area contributed by atoms with Crippen LogP contribution >= 0.6 is 11.6 Å². The fourth-order valence-corrected chi connectivity index (χ4v) is 2.35. The summed E-state index contributed by atoms with van der Waals surface area (Å²) in [6, 6.07) is 3.23. The lowest BCUT2D eigenvalue weighted by atomic mass is 9.75. The van der Waals surface area contributed by atoms with Gasteiger partial charge in [-0.15, -0.1) is 0 Å². The van der Waals surface area contributed by atoms with E-state index < -0.39 is 24.3 Å². The number of methoxy groups -OCH3 is 1. The van der Waals surface area contributed by atoms with Crippen LogP contribution in [0.1, 0.15) is 39.2 Å². The molecule has 0 amide bonds. The number of phenols is 1. The standard InChI is InChI=1S/C14H21BClNO4/c1-13(2)14(3,4)21-15(20-13)12(17)8-6-9(16)11(18)10(7-8)19-5/h6-7,12,18H,17H2,1-5H3/t12-/m0/s1. The van der Waals surface area contributed by atoms with Gasteiger partial charge in [-0.1, -0.05) is 11.6 Å². The Bertz CT molecular complexity index is 534. The Kier molecular flexibility index (Phi) is 4.19. The quantitative estimate of drug-likeness (QED) is 0.839. The molecule has 1 fully saturated rings. The van der Waals surface area contributed by atoms with Crippen molar-refractivity contribution in [3.8, 4) is 11.5 Å². The van der Waals surface area contributed by atoms with Gasteiger partial charge in [-0.2, -0.15) is 0 Å². The summed E-state index contributed by atoms with van der Waals surface area (Å²) in [5.74, 6) is -0.383. The third kappa shape index (κ3) is 2.86.